The molecule has 1 unspecified atom stereocenters. The van der Waals surface area contributed by atoms with Gasteiger partial charge in [0.2, 0.25) is 11.8 Å². The number of nitrogens with one attached hydrogen (secondary N) is 1. The average Bonchev–Trinajstić information content (AvgIpc) is 2.75. The zero-order valence-corrected chi connectivity index (χ0v) is 21.4. The number of anilines is 1. The van der Waals surface area contributed by atoms with Gasteiger partial charge in [0.1, 0.15) is 18.4 Å². The highest BCUT2D eigenvalue weighted by molar-refractivity contribution is 9.10. The number of para-hydroxylation sites is 1. The lowest BCUT2D eigenvalue weighted by molar-refractivity contribution is -0.139. The number of likely N-dealkylation sites (N-methyl/N-ethyl adjacent to an activating group) is 1. The van der Waals surface area contributed by atoms with Crippen LogP contribution in [-0.4, -0.2) is 62.7 Å². The quantitative estimate of drug-likeness (QED) is 0.499. The second-order valence-corrected chi connectivity index (χ2v) is 10.5. The van der Waals surface area contributed by atoms with E-state index in [0.717, 1.165) is 20.4 Å². The maximum absolute atomic E-state index is 14.5. The maximum Gasteiger partial charge on any atom is 0.304 e. The van der Waals surface area contributed by atoms with Crippen LogP contribution in [0.5, 0.6) is 0 Å². The molecule has 1 atom stereocenters. The second kappa shape index (κ2) is 11.6. The van der Waals surface area contributed by atoms with E-state index in [1.54, 1.807) is 32.0 Å². The van der Waals surface area contributed by atoms with Gasteiger partial charge in [-0.15, -0.1) is 0 Å². The number of carbonyl (C=O) groups excluding carboxylic acids is 2. The fourth-order valence-corrected chi connectivity index (χ4v) is 4.60. The van der Waals surface area contributed by atoms with Crippen molar-refractivity contribution >= 4 is 43.6 Å². The first-order valence-corrected chi connectivity index (χ1v) is 12.4. The van der Waals surface area contributed by atoms with Crippen LogP contribution in [0.4, 0.5) is 10.1 Å². The number of amides is 2. The lowest BCUT2D eigenvalue weighted by Gasteiger charge is -2.32. The minimum absolute atomic E-state index is 0.0592. The lowest BCUT2D eigenvalue weighted by atomic mass is 10.1. The molecular weight excluding hydrogens is 515 g/mol. The van der Waals surface area contributed by atoms with Crippen molar-refractivity contribution in [3.05, 3.63) is 64.4 Å². The molecule has 0 saturated carbocycles. The molecule has 2 aromatic rings. The van der Waals surface area contributed by atoms with Crippen LogP contribution in [-0.2, 0) is 26.3 Å². The summed E-state index contributed by atoms with van der Waals surface area (Å²) in [6.07, 6.45) is 0. The summed E-state index contributed by atoms with van der Waals surface area (Å²) in [7, 11) is -1.62. The molecule has 2 amide bonds. The predicted octanol–water partition coefficient (Wildman–Crippen LogP) is 2.75. The normalized spacial score (nSPS) is 12.3. The van der Waals surface area contributed by atoms with Gasteiger partial charge in [-0.1, -0.05) is 40.2 Å². The monoisotopic (exact) mass is 542 g/mol. The molecule has 1 N–H and O–H groups in total. The first-order chi connectivity index (χ1) is 15.5. The number of carbonyl (C=O) groups is 2. The third-order valence-electron chi connectivity index (χ3n) is 4.90. The molecule has 0 spiro atoms. The molecule has 0 radical (unpaired) electrons. The molecule has 0 fully saturated rings. The average molecular weight is 543 g/mol. The van der Waals surface area contributed by atoms with E-state index in [-0.39, 0.29) is 18.1 Å². The van der Waals surface area contributed by atoms with Gasteiger partial charge in [-0.25, -0.2) is 8.70 Å². The molecule has 0 bridgehead atoms. The molecule has 11 heteroatoms. The SMILES string of the molecule is CCNC(=O)C(C)N(Cc1cccc(Br)c1)C(=O)CN(c1ccccc1F)S(=O)(=O)N(C)C. The Balaban J connectivity index is 2.47. The maximum atomic E-state index is 14.5. The Bertz CT molecular complexity index is 1100. The number of hydrogen-bond donors (Lipinski definition) is 1. The number of hydrogen-bond acceptors (Lipinski definition) is 4. The standard InChI is InChI=1S/C22H28BrFN4O4S/c1-5-25-22(30)16(2)27(14-17-9-8-10-18(23)13-17)21(29)15-28(33(31,32)26(3)4)20-12-7-6-11-19(20)24/h6-13,16H,5,14-15H2,1-4H3,(H,25,30). The summed E-state index contributed by atoms with van der Waals surface area (Å²) in [6.45, 7) is 3.07. The lowest BCUT2D eigenvalue weighted by Crippen LogP contribution is -2.52. The molecule has 8 nitrogen and oxygen atoms in total. The third-order valence-corrected chi connectivity index (χ3v) is 7.20. The Hall–Kier alpha value is -2.50. The van der Waals surface area contributed by atoms with E-state index in [9.17, 15) is 22.4 Å². The van der Waals surface area contributed by atoms with Crippen LogP contribution < -0.4 is 9.62 Å². The van der Waals surface area contributed by atoms with Crippen molar-refractivity contribution in [1.29, 1.82) is 0 Å². The molecule has 2 aromatic carbocycles. The summed E-state index contributed by atoms with van der Waals surface area (Å²) in [5.41, 5.74) is 0.481. The summed E-state index contributed by atoms with van der Waals surface area (Å²) in [4.78, 5) is 27.3. The molecule has 2 rings (SSSR count). The van der Waals surface area contributed by atoms with Crippen molar-refractivity contribution in [2.24, 2.45) is 0 Å². The van der Waals surface area contributed by atoms with Gasteiger partial charge in [-0.3, -0.25) is 9.59 Å². The third kappa shape index (κ3) is 6.75. The fraction of sp³-hybridized carbons (Fsp3) is 0.364. The van der Waals surface area contributed by atoms with Crippen LogP contribution in [0, 0.1) is 5.82 Å². The van der Waals surface area contributed by atoms with Crippen LogP contribution in [0.3, 0.4) is 0 Å². The van der Waals surface area contributed by atoms with Gasteiger partial charge in [0.15, 0.2) is 0 Å². The molecule has 33 heavy (non-hydrogen) atoms. The molecule has 180 valence electrons. The topological polar surface area (TPSA) is 90.0 Å². The highest BCUT2D eigenvalue weighted by atomic mass is 79.9. The van der Waals surface area contributed by atoms with Gasteiger partial charge in [0.25, 0.3) is 0 Å². The summed E-state index contributed by atoms with van der Waals surface area (Å²) in [6, 6.07) is 11.6. The van der Waals surface area contributed by atoms with Gasteiger partial charge in [-0.05, 0) is 43.7 Å². The van der Waals surface area contributed by atoms with Gasteiger partial charge >= 0.3 is 10.2 Å². The van der Waals surface area contributed by atoms with E-state index in [1.165, 1.54) is 37.2 Å². The van der Waals surface area contributed by atoms with Gasteiger partial charge in [0, 0.05) is 31.7 Å². The van der Waals surface area contributed by atoms with Crippen molar-refractivity contribution in [3.8, 4) is 0 Å². The number of halogens is 2. The highest BCUT2D eigenvalue weighted by Gasteiger charge is 2.33. The van der Waals surface area contributed by atoms with Gasteiger partial charge in [0.05, 0.1) is 5.69 Å². The van der Waals surface area contributed by atoms with E-state index in [1.807, 2.05) is 6.07 Å². The fourth-order valence-electron chi connectivity index (χ4n) is 3.09. The van der Waals surface area contributed by atoms with E-state index >= 15 is 0 Å². The van der Waals surface area contributed by atoms with Crippen LogP contribution in [0.25, 0.3) is 0 Å². The number of benzene rings is 2. The van der Waals surface area contributed by atoms with Crippen LogP contribution in [0.1, 0.15) is 19.4 Å². The van der Waals surface area contributed by atoms with Crippen LogP contribution in [0.2, 0.25) is 0 Å². The smallest absolute Gasteiger partial charge is 0.304 e. The Morgan fingerprint density at radius 1 is 1.12 bits per heavy atom. The summed E-state index contributed by atoms with van der Waals surface area (Å²) in [5, 5.41) is 2.68. The largest absolute Gasteiger partial charge is 0.355 e. The van der Waals surface area contributed by atoms with Crippen molar-refractivity contribution in [2.45, 2.75) is 26.4 Å². The zero-order chi connectivity index (χ0) is 24.8. The van der Waals surface area contributed by atoms with Crippen molar-refractivity contribution in [2.75, 3.05) is 31.5 Å². The van der Waals surface area contributed by atoms with Gasteiger partial charge < -0.3 is 10.2 Å². The Morgan fingerprint density at radius 3 is 2.36 bits per heavy atom. The van der Waals surface area contributed by atoms with Crippen LogP contribution in [0.15, 0.2) is 53.0 Å². The summed E-state index contributed by atoms with van der Waals surface area (Å²) >= 11 is 3.38. The summed E-state index contributed by atoms with van der Waals surface area (Å²) < 4.78 is 42.9. The van der Waals surface area contributed by atoms with E-state index in [2.05, 4.69) is 21.2 Å². The van der Waals surface area contributed by atoms with E-state index in [0.29, 0.717) is 10.8 Å². The highest BCUT2D eigenvalue weighted by Crippen LogP contribution is 2.24. The number of rotatable bonds is 10. The van der Waals surface area contributed by atoms with Crippen LogP contribution >= 0.6 is 15.9 Å². The van der Waals surface area contributed by atoms with Crippen molar-refractivity contribution < 1.29 is 22.4 Å². The molecule has 0 aliphatic heterocycles. The number of nitrogens with zero attached hydrogens (tertiary/aromatic N) is 3. The predicted molar refractivity (Wildman–Crippen MR) is 129 cm³/mol. The van der Waals surface area contributed by atoms with Crippen molar-refractivity contribution in [3.63, 3.8) is 0 Å². The molecule has 0 aromatic heterocycles. The Morgan fingerprint density at radius 2 is 1.79 bits per heavy atom. The Labute approximate surface area is 202 Å². The molecule has 0 heterocycles. The van der Waals surface area contributed by atoms with Gasteiger partial charge in [-0.2, -0.15) is 12.7 Å². The molecule has 0 aliphatic carbocycles. The van der Waals surface area contributed by atoms with Crippen molar-refractivity contribution in [1.82, 2.24) is 14.5 Å². The summed E-state index contributed by atoms with van der Waals surface area (Å²) in [5.74, 6) is -1.82. The minimum atomic E-state index is -4.21. The second-order valence-electron chi connectivity index (χ2n) is 7.47. The Kier molecular flexibility index (Phi) is 9.38. The molecule has 0 aliphatic rings. The van der Waals surface area contributed by atoms with E-state index in [4.69, 9.17) is 0 Å². The zero-order valence-electron chi connectivity index (χ0n) is 19.0. The van der Waals surface area contributed by atoms with E-state index < -0.39 is 34.5 Å². The molecule has 0 saturated heterocycles. The first-order valence-electron chi connectivity index (χ1n) is 10.2. The first kappa shape index (κ1) is 26.7. The minimum Gasteiger partial charge on any atom is -0.355 e. The molecular formula is C22H28BrFN4O4S.